The molecule has 0 aliphatic carbocycles. The zero-order chi connectivity index (χ0) is 4.99. The van der Waals surface area contributed by atoms with Crippen LogP contribution in [0.25, 0.3) is 0 Å². The highest BCUT2D eigenvalue weighted by molar-refractivity contribution is 4.91. The van der Waals surface area contributed by atoms with Gasteiger partial charge in [-0.2, -0.15) is 0 Å². The van der Waals surface area contributed by atoms with Gasteiger partial charge in [0.15, 0.2) is 0 Å². The molecule has 0 aromatic carbocycles. The molecule has 0 fully saturated rings. The molecule has 0 atom stereocenters. The first kappa shape index (κ1) is 5.70. The number of hydrogen-bond donors (Lipinski definition) is 0. The molecule has 0 aromatic heterocycles. The normalized spacial score (nSPS) is 7.83. The van der Waals surface area contributed by atoms with Gasteiger partial charge in [0.1, 0.15) is 6.61 Å². The van der Waals surface area contributed by atoms with Crippen molar-refractivity contribution in [3.05, 3.63) is 11.6 Å². The standard InChI is InChI=1S/C5H9O/c1-5(2)3-4-6/h3H,4H2,1-2H3. The molecule has 0 heterocycles. The van der Waals surface area contributed by atoms with Crippen LogP contribution < -0.4 is 0 Å². The Morgan fingerprint density at radius 3 is 2.17 bits per heavy atom. The Hall–Kier alpha value is -0.300. The zero-order valence-corrected chi connectivity index (χ0v) is 4.19. The molecule has 1 radical (unpaired) electrons. The predicted octanol–water partition coefficient (Wildman–Crippen LogP) is 1.38. The van der Waals surface area contributed by atoms with Crippen molar-refractivity contribution in [3.63, 3.8) is 0 Å². The quantitative estimate of drug-likeness (QED) is 0.429. The molecule has 0 aliphatic heterocycles. The Balaban J connectivity index is 3.14. The van der Waals surface area contributed by atoms with Gasteiger partial charge in [0.25, 0.3) is 0 Å². The van der Waals surface area contributed by atoms with Gasteiger partial charge in [-0.15, -0.1) is 0 Å². The molecular weight excluding hydrogens is 76.1 g/mol. The van der Waals surface area contributed by atoms with Crippen LogP contribution in [-0.2, 0) is 5.11 Å². The Bertz CT molecular complexity index is 51.0. The lowest BCUT2D eigenvalue weighted by Crippen LogP contribution is -1.69. The van der Waals surface area contributed by atoms with Crippen LogP contribution in [0.15, 0.2) is 11.6 Å². The van der Waals surface area contributed by atoms with E-state index < -0.39 is 0 Å². The van der Waals surface area contributed by atoms with E-state index >= 15 is 0 Å². The van der Waals surface area contributed by atoms with Gasteiger partial charge < -0.3 is 0 Å². The lowest BCUT2D eigenvalue weighted by molar-refractivity contribution is 0.231. The molecule has 0 spiro atoms. The molecular formula is C5H9O. The molecule has 0 unspecified atom stereocenters. The smallest absolute Gasteiger partial charge is 0.101 e. The molecule has 0 amide bonds. The number of hydrogen-bond acceptors (Lipinski definition) is 0. The Morgan fingerprint density at radius 1 is 1.67 bits per heavy atom. The largest absolute Gasteiger partial charge is 0.232 e. The second kappa shape index (κ2) is 2.91. The molecule has 0 saturated carbocycles. The summed E-state index contributed by atoms with van der Waals surface area (Å²) in [5.41, 5.74) is 1.10. The molecule has 6 heavy (non-hydrogen) atoms. The first-order valence-corrected chi connectivity index (χ1v) is 1.99. The second-order valence-electron chi connectivity index (χ2n) is 1.45. The lowest BCUT2D eigenvalue weighted by Gasteiger charge is -1.78. The maximum atomic E-state index is 9.66. The van der Waals surface area contributed by atoms with Crippen LogP contribution in [0.2, 0.25) is 0 Å². The molecule has 1 nitrogen and oxygen atoms in total. The van der Waals surface area contributed by atoms with Crippen molar-refractivity contribution in [2.75, 3.05) is 6.61 Å². The van der Waals surface area contributed by atoms with Crippen LogP contribution in [0, 0.1) is 0 Å². The third kappa shape index (κ3) is 3.70. The summed E-state index contributed by atoms with van der Waals surface area (Å²) in [5.74, 6) is 0. The summed E-state index contributed by atoms with van der Waals surface area (Å²) in [7, 11) is 0. The summed E-state index contributed by atoms with van der Waals surface area (Å²) >= 11 is 0. The summed E-state index contributed by atoms with van der Waals surface area (Å²) in [6.45, 7) is 3.75. The molecule has 0 aromatic rings. The van der Waals surface area contributed by atoms with Crippen molar-refractivity contribution in [3.8, 4) is 0 Å². The minimum Gasteiger partial charge on any atom is -0.232 e. The lowest BCUT2D eigenvalue weighted by atomic mass is 10.3. The maximum Gasteiger partial charge on any atom is 0.101 e. The van der Waals surface area contributed by atoms with Crippen LogP contribution in [0.3, 0.4) is 0 Å². The first-order chi connectivity index (χ1) is 2.77. The minimum absolute atomic E-state index is 0.0810. The molecule has 1 heteroatoms. The topological polar surface area (TPSA) is 19.9 Å². The van der Waals surface area contributed by atoms with Gasteiger partial charge in [-0.25, -0.2) is 5.11 Å². The van der Waals surface area contributed by atoms with Gasteiger partial charge in [-0.1, -0.05) is 11.6 Å². The van der Waals surface area contributed by atoms with Crippen LogP contribution in [0.5, 0.6) is 0 Å². The van der Waals surface area contributed by atoms with Crippen LogP contribution in [0.4, 0.5) is 0 Å². The number of allylic oxidation sites excluding steroid dienone is 1. The van der Waals surface area contributed by atoms with E-state index in [1.807, 2.05) is 13.8 Å². The van der Waals surface area contributed by atoms with Crippen molar-refractivity contribution < 1.29 is 5.11 Å². The van der Waals surface area contributed by atoms with E-state index in [4.69, 9.17) is 0 Å². The fourth-order valence-corrected chi connectivity index (χ4v) is 0.167. The monoisotopic (exact) mass is 85.1 g/mol. The van der Waals surface area contributed by atoms with Crippen molar-refractivity contribution in [1.29, 1.82) is 0 Å². The Labute approximate surface area is 38.3 Å². The van der Waals surface area contributed by atoms with E-state index in [0.717, 1.165) is 5.57 Å². The highest BCUT2D eigenvalue weighted by Gasteiger charge is 1.69. The average molecular weight is 85.1 g/mol. The van der Waals surface area contributed by atoms with E-state index in [1.165, 1.54) is 0 Å². The van der Waals surface area contributed by atoms with Gasteiger partial charge in [-0.3, -0.25) is 0 Å². The van der Waals surface area contributed by atoms with Gasteiger partial charge >= 0.3 is 0 Å². The van der Waals surface area contributed by atoms with E-state index in [0.29, 0.717) is 0 Å². The second-order valence-corrected chi connectivity index (χ2v) is 1.45. The fraction of sp³-hybridized carbons (Fsp3) is 0.600. The van der Waals surface area contributed by atoms with E-state index in [2.05, 4.69) is 0 Å². The molecule has 0 aliphatic rings. The van der Waals surface area contributed by atoms with Crippen molar-refractivity contribution in [2.24, 2.45) is 0 Å². The summed E-state index contributed by atoms with van der Waals surface area (Å²) in [5, 5.41) is 9.66. The highest BCUT2D eigenvalue weighted by Crippen LogP contribution is 1.83. The van der Waals surface area contributed by atoms with Crippen molar-refractivity contribution >= 4 is 0 Å². The van der Waals surface area contributed by atoms with Crippen LogP contribution in [-0.4, -0.2) is 6.61 Å². The van der Waals surface area contributed by atoms with E-state index in [1.54, 1.807) is 6.08 Å². The van der Waals surface area contributed by atoms with Gasteiger partial charge in [-0.05, 0) is 13.8 Å². The summed E-state index contributed by atoms with van der Waals surface area (Å²) in [6.07, 6.45) is 1.65. The molecule has 35 valence electrons. The third-order valence-electron chi connectivity index (χ3n) is 0.492. The van der Waals surface area contributed by atoms with Crippen LogP contribution in [0.1, 0.15) is 13.8 Å². The van der Waals surface area contributed by atoms with Crippen molar-refractivity contribution in [1.82, 2.24) is 0 Å². The predicted molar refractivity (Wildman–Crippen MR) is 25.0 cm³/mol. The zero-order valence-electron chi connectivity index (χ0n) is 4.19. The molecule has 0 rings (SSSR count). The summed E-state index contributed by atoms with van der Waals surface area (Å²) in [4.78, 5) is 0. The Morgan fingerprint density at radius 2 is 2.17 bits per heavy atom. The fourth-order valence-electron chi connectivity index (χ4n) is 0.167. The third-order valence-corrected chi connectivity index (χ3v) is 0.492. The Kier molecular flexibility index (Phi) is 2.77. The molecule has 0 bridgehead atoms. The summed E-state index contributed by atoms with van der Waals surface area (Å²) < 4.78 is 0. The van der Waals surface area contributed by atoms with Gasteiger partial charge in [0.05, 0.1) is 0 Å². The van der Waals surface area contributed by atoms with E-state index in [-0.39, 0.29) is 6.61 Å². The van der Waals surface area contributed by atoms with Gasteiger partial charge in [0.2, 0.25) is 0 Å². The SMILES string of the molecule is CC(C)=CC[O]. The summed E-state index contributed by atoms with van der Waals surface area (Å²) in [6, 6.07) is 0. The number of rotatable bonds is 1. The van der Waals surface area contributed by atoms with Gasteiger partial charge in [0, 0.05) is 0 Å². The first-order valence-electron chi connectivity index (χ1n) is 1.99. The average Bonchev–Trinajstić information content (AvgIpc) is 1.35. The van der Waals surface area contributed by atoms with Crippen molar-refractivity contribution in [2.45, 2.75) is 13.8 Å². The van der Waals surface area contributed by atoms with E-state index in [9.17, 15) is 5.11 Å². The highest BCUT2D eigenvalue weighted by atomic mass is 16.2. The van der Waals surface area contributed by atoms with Crippen LogP contribution >= 0.6 is 0 Å². The minimum atomic E-state index is -0.0810. The molecule has 0 N–H and O–H groups in total. The molecule has 0 saturated heterocycles. The maximum absolute atomic E-state index is 9.66.